The third-order valence-electron chi connectivity index (χ3n) is 3.49. The van der Waals surface area contributed by atoms with Crippen molar-refractivity contribution in [2.75, 3.05) is 19.6 Å². The van der Waals surface area contributed by atoms with Gasteiger partial charge in [-0.05, 0) is 26.2 Å². The number of aromatic amines is 1. The number of nitrogens with one attached hydrogen (secondary N) is 2. The van der Waals surface area contributed by atoms with Crippen molar-refractivity contribution in [3.63, 3.8) is 0 Å². The molecular formula is C13H23N5O. The molecule has 1 fully saturated rings. The van der Waals surface area contributed by atoms with Crippen LogP contribution in [0.15, 0.2) is 0 Å². The average Bonchev–Trinajstić information content (AvgIpc) is 2.86. The zero-order valence-electron chi connectivity index (χ0n) is 11.8. The minimum atomic E-state index is 0.0467. The molecule has 19 heavy (non-hydrogen) atoms. The van der Waals surface area contributed by atoms with Crippen molar-refractivity contribution in [1.29, 1.82) is 0 Å². The molecule has 0 bridgehead atoms. The number of hydrogen-bond acceptors (Lipinski definition) is 3. The molecule has 1 aromatic heterocycles. The minimum Gasteiger partial charge on any atom is -0.338 e. The molecule has 1 aromatic rings. The average molecular weight is 265 g/mol. The van der Waals surface area contributed by atoms with Gasteiger partial charge in [-0.3, -0.25) is 5.10 Å². The van der Waals surface area contributed by atoms with Gasteiger partial charge in [-0.1, -0.05) is 13.3 Å². The Morgan fingerprint density at radius 3 is 3.11 bits per heavy atom. The van der Waals surface area contributed by atoms with Crippen molar-refractivity contribution in [2.24, 2.45) is 0 Å². The summed E-state index contributed by atoms with van der Waals surface area (Å²) in [5, 5.41) is 10.1. The predicted octanol–water partition coefficient (Wildman–Crippen LogP) is 1.80. The Hall–Kier alpha value is -1.59. The molecule has 0 aliphatic carbocycles. The number of H-pyrrole nitrogens is 1. The topological polar surface area (TPSA) is 73.9 Å². The number of likely N-dealkylation sites (tertiary alicyclic amines) is 1. The van der Waals surface area contributed by atoms with Crippen molar-refractivity contribution in [3.8, 4) is 0 Å². The van der Waals surface area contributed by atoms with Crippen LogP contribution in [0.2, 0.25) is 0 Å². The summed E-state index contributed by atoms with van der Waals surface area (Å²) in [7, 11) is 0. The number of unbranched alkanes of at least 4 members (excludes halogenated alkanes) is 1. The largest absolute Gasteiger partial charge is 0.338 e. The fourth-order valence-corrected chi connectivity index (χ4v) is 2.40. The molecule has 1 atom stereocenters. The Morgan fingerprint density at radius 1 is 1.58 bits per heavy atom. The zero-order chi connectivity index (χ0) is 13.7. The highest BCUT2D eigenvalue weighted by Crippen LogP contribution is 2.24. The number of piperidine rings is 1. The lowest BCUT2D eigenvalue weighted by Gasteiger charge is -2.31. The second-order valence-electron chi connectivity index (χ2n) is 5.15. The first-order valence-corrected chi connectivity index (χ1v) is 7.12. The lowest BCUT2D eigenvalue weighted by Crippen LogP contribution is -2.45. The summed E-state index contributed by atoms with van der Waals surface area (Å²) in [5.41, 5.74) is 0. The van der Waals surface area contributed by atoms with Gasteiger partial charge in [-0.25, -0.2) is 9.78 Å². The summed E-state index contributed by atoms with van der Waals surface area (Å²) in [6.07, 6.45) is 4.19. The van der Waals surface area contributed by atoms with E-state index in [1.807, 2.05) is 11.8 Å². The van der Waals surface area contributed by atoms with Gasteiger partial charge in [0, 0.05) is 25.6 Å². The van der Waals surface area contributed by atoms with Gasteiger partial charge >= 0.3 is 6.03 Å². The van der Waals surface area contributed by atoms with E-state index in [4.69, 9.17) is 0 Å². The fraction of sp³-hybridized carbons (Fsp3) is 0.769. The molecule has 2 heterocycles. The first-order valence-electron chi connectivity index (χ1n) is 7.12. The van der Waals surface area contributed by atoms with E-state index in [1.54, 1.807) is 0 Å². The van der Waals surface area contributed by atoms with Gasteiger partial charge < -0.3 is 10.2 Å². The van der Waals surface area contributed by atoms with Crippen LogP contribution in [0, 0.1) is 6.92 Å². The van der Waals surface area contributed by atoms with Crippen LogP contribution < -0.4 is 5.32 Å². The van der Waals surface area contributed by atoms with E-state index in [1.165, 1.54) is 0 Å². The Labute approximate surface area is 114 Å². The van der Waals surface area contributed by atoms with Gasteiger partial charge in [0.15, 0.2) is 5.82 Å². The number of carbonyl (C=O) groups is 1. The Morgan fingerprint density at radius 2 is 2.42 bits per heavy atom. The Kier molecular flexibility index (Phi) is 4.76. The molecule has 1 aliphatic rings. The molecule has 0 aromatic carbocycles. The van der Waals surface area contributed by atoms with E-state index in [0.717, 1.165) is 57.0 Å². The van der Waals surface area contributed by atoms with Crippen LogP contribution in [0.4, 0.5) is 4.79 Å². The second kappa shape index (κ2) is 6.54. The quantitative estimate of drug-likeness (QED) is 0.815. The number of amides is 2. The summed E-state index contributed by atoms with van der Waals surface area (Å²) in [5.74, 6) is 1.93. The van der Waals surface area contributed by atoms with Crippen LogP contribution in [0.5, 0.6) is 0 Å². The van der Waals surface area contributed by atoms with E-state index in [0.29, 0.717) is 0 Å². The minimum absolute atomic E-state index is 0.0467. The third kappa shape index (κ3) is 3.68. The molecule has 1 saturated heterocycles. The zero-order valence-corrected chi connectivity index (χ0v) is 11.8. The lowest BCUT2D eigenvalue weighted by molar-refractivity contribution is 0.178. The Bertz CT molecular complexity index is 417. The molecule has 106 valence electrons. The van der Waals surface area contributed by atoms with E-state index in [2.05, 4.69) is 27.4 Å². The van der Waals surface area contributed by atoms with Crippen molar-refractivity contribution in [3.05, 3.63) is 11.6 Å². The van der Waals surface area contributed by atoms with Gasteiger partial charge in [0.05, 0.1) is 0 Å². The number of carbonyl (C=O) groups excluding carboxylic acids is 1. The standard InChI is InChI=1S/C13H23N5O/c1-3-4-7-14-13(19)18-8-5-6-11(9-18)12-15-10(2)16-17-12/h11H,3-9H2,1-2H3,(H,14,19)(H,15,16,17). The molecule has 0 saturated carbocycles. The van der Waals surface area contributed by atoms with Crippen LogP contribution in [-0.4, -0.2) is 45.7 Å². The molecule has 6 nitrogen and oxygen atoms in total. The van der Waals surface area contributed by atoms with Gasteiger partial charge in [-0.15, -0.1) is 0 Å². The molecule has 2 rings (SSSR count). The van der Waals surface area contributed by atoms with Crippen LogP contribution in [0.3, 0.4) is 0 Å². The summed E-state index contributed by atoms with van der Waals surface area (Å²) >= 11 is 0. The highest BCUT2D eigenvalue weighted by molar-refractivity contribution is 5.74. The third-order valence-corrected chi connectivity index (χ3v) is 3.49. The maximum absolute atomic E-state index is 12.0. The maximum atomic E-state index is 12.0. The number of rotatable bonds is 4. The number of hydrogen-bond donors (Lipinski definition) is 2. The molecule has 2 amide bonds. The molecule has 0 radical (unpaired) electrons. The highest BCUT2D eigenvalue weighted by atomic mass is 16.2. The maximum Gasteiger partial charge on any atom is 0.317 e. The van der Waals surface area contributed by atoms with Crippen LogP contribution in [0.25, 0.3) is 0 Å². The molecule has 1 aliphatic heterocycles. The van der Waals surface area contributed by atoms with Crippen LogP contribution in [0.1, 0.15) is 50.2 Å². The molecule has 1 unspecified atom stereocenters. The van der Waals surface area contributed by atoms with Crippen LogP contribution in [-0.2, 0) is 0 Å². The van der Waals surface area contributed by atoms with Crippen molar-refractivity contribution in [2.45, 2.75) is 45.4 Å². The number of aryl methyl sites for hydroxylation is 1. The van der Waals surface area contributed by atoms with Crippen molar-refractivity contribution in [1.82, 2.24) is 25.4 Å². The number of aromatic nitrogens is 3. The van der Waals surface area contributed by atoms with Gasteiger partial charge in [0.2, 0.25) is 0 Å². The smallest absolute Gasteiger partial charge is 0.317 e. The summed E-state index contributed by atoms with van der Waals surface area (Å²) < 4.78 is 0. The fourth-order valence-electron chi connectivity index (χ4n) is 2.40. The summed E-state index contributed by atoms with van der Waals surface area (Å²) in [6.45, 7) is 6.33. The molecule has 2 N–H and O–H groups in total. The second-order valence-corrected chi connectivity index (χ2v) is 5.15. The van der Waals surface area contributed by atoms with E-state index >= 15 is 0 Å². The van der Waals surface area contributed by atoms with Gasteiger partial charge in [-0.2, -0.15) is 5.10 Å². The molecule has 6 heteroatoms. The van der Waals surface area contributed by atoms with Gasteiger partial charge in [0.1, 0.15) is 5.82 Å². The van der Waals surface area contributed by atoms with Crippen LogP contribution >= 0.6 is 0 Å². The number of nitrogens with zero attached hydrogens (tertiary/aromatic N) is 3. The van der Waals surface area contributed by atoms with E-state index < -0.39 is 0 Å². The SMILES string of the molecule is CCCCNC(=O)N1CCCC(c2n[nH]c(C)n2)C1. The lowest BCUT2D eigenvalue weighted by atomic mass is 9.98. The normalized spacial score (nSPS) is 19.5. The van der Waals surface area contributed by atoms with E-state index in [9.17, 15) is 4.79 Å². The van der Waals surface area contributed by atoms with E-state index in [-0.39, 0.29) is 11.9 Å². The van der Waals surface area contributed by atoms with Crippen molar-refractivity contribution >= 4 is 6.03 Å². The monoisotopic (exact) mass is 265 g/mol. The summed E-state index contributed by atoms with van der Waals surface area (Å²) in [6, 6.07) is 0.0467. The summed E-state index contributed by atoms with van der Waals surface area (Å²) in [4.78, 5) is 18.3. The number of urea groups is 1. The Balaban J connectivity index is 1.88. The highest BCUT2D eigenvalue weighted by Gasteiger charge is 2.26. The molecular weight excluding hydrogens is 242 g/mol. The van der Waals surface area contributed by atoms with Gasteiger partial charge in [0.25, 0.3) is 0 Å². The first kappa shape index (κ1) is 13.8. The molecule has 0 spiro atoms. The predicted molar refractivity (Wildman–Crippen MR) is 73.0 cm³/mol. The van der Waals surface area contributed by atoms with Crippen molar-refractivity contribution < 1.29 is 4.79 Å². The first-order chi connectivity index (χ1) is 9.20.